The second-order valence-electron chi connectivity index (χ2n) is 8.85. The average molecular weight is 466 g/mol. The Labute approximate surface area is 192 Å². The van der Waals surface area contributed by atoms with E-state index < -0.39 is 18.6 Å². The van der Waals surface area contributed by atoms with Gasteiger partial charge in [-0.25, -0.2) is 9.78 Å². The van der Waals surface area contributed by atoms with Gasteiger partial charge < -0.3 is 19.9 Å². The molecule has 0 radical (unpaired) electrons. The van der Waals surface area contributed by atoms with Gasteiger partial charge in [-0.05, 0) is 38.3 Å². The SMILES string of the molecule is CCc1nc2n(c1C(=O)O)CCN2c1c(C)cc(C)cc1C.FC(F)(F)CC[N-]CC1CC1. The number of aryl methyl sites for hydroxylation is 4. The number of nitrogens with zero attached hydrogens (tertiary/aromatic N) is 4. The summed E-state index contributed by atoms with van der Waals surface area (Å²) < 4.78 is 36.4. The predicted molar refractivity (Wildman–Crippen MR) is 123 cm³/mol. The smallest absolute Gasteiger partial charge is 0.387 e. The van der Waals surface area contributed by atoms with Crippen molar-refractivity contribution in [1.82, 2.24) is 9.55 Å². The summed E-state index contributed by atoms with van der Waals surface area (Å²) in [7, 11) is 0. The first-order chi connectivity index (χ1) is 15.5. The van der Waals surface area contributed by atoms with E-state index in [-0.39, 0.29) is 6.54 Å². The van der Waals surface area contributed by atoms with Crippen LogP contribution in [0.5, 0.6) is 0 Å². The standard InChI is InChI=1S/C17H21N3O2.C7H11F3N/c1-5-13-15(16(21)22)20-7-6-19(17(20)18-13)14-11(3)8-10(2)9-12(14)4;8-7(9,10)3-4-11-5-6-1-2-6/h8-9H,5-7H2,1-4H3,(H,21,22);6H,1-5H2/q;-1. The van der Waals surface area contributed by atoms with Crippen molar-refractivity contribution in [2.24, 2.45) is 5.92 Å². The van der Waals surface area contributed by atoms with Crippen molar-refractivity contribution in [3.8, 4) is 0 Å². The zero-order valence-electron chi connectivity index (χ0n) is 19.7. The minimum absolute atomic E-state index is 0.0556. The summed E-state index contributed by atoms with van der Waals surface area (Å²) >= 11 is 0. The second kappa shape index (κ2) is 10.2. The number of carboxylic acids is 1. The zero-order chi connectivity index (χ0) is 24.3. The third-order valence-corrected chi connectivity index (χ3v) is 5.89. The quantitative estimate of drug-likeness (QED) is 0.514. The largest absolute Gasteiger partial charge is 0.662 e. The Hall–Kier alpha value is -2.55. The van der Waals surface area contributed by atoms with Crippen LogP contribution >= 0.6 is 0 Å². The molecule has 0 spiro atoms. The topological polar surface area (TPSA) is 72.5 Å². The third-order valence-electron chi connectivity index (χ3n) is 5.89. The predicted octanol–water partition coefficient (Wildman–Crippen LogP) is 5.94. The van der Waals surface area contributed by atoms with Gasteiger partial charge in [0.25, 0.3) is 0 Å². The Morgan fingerprint density at radius 2 is 1.82 bits per heavy atom. The van der Waals surface area contributed by atoms with Gasteiger partial charge in [0.2, 0.25) is 5.95 Å². The third kappa shape index (κ3) is 6.28. The number of alkyl halides is 3. The molecule has 1 aromatic carbocycles. The molecule has 0 amide bonds. The van der Waals surface area contributed by atoms with Crippen molar-refractivity contribution in [3.05, 3.63) is 45.5 Å². The summed E-state index contributed by atoms with van der Waals surface area (Å²) in [4.78, 5) is 18.3. The number of halogens is 3. The molecule has 0 saturated heterocycles. The molecule has 2 heterocycles. The van der Waals surface area contributed by atoms with Gasteiger partial charge in [-0.3, -0.25) is 0 Å². The first-order valence-electron chi connectivity index (χ1n) is 11.4. The monoisotopic (exact) mass is 465 g/mol. The van der Waals surface area contributed by atoms with E-state index in [0.29, 0.717) is 36.8 Å². The molecule has 1 aliphatic heterocycles. The summed E-state index contributed by atoms with van der Waals surface area (Å²) in [5, 5.41) is 13.3. The van der Waals surface area contributed by atoms with Crippen LogP contribution in [0.2, 0.25) is 0 Å². The van der Waals surface area contributed by atoms with Gasteiger partial charge in [0.05, 0.1) is 5.69 Å². The first kappa shape index (κ1) is 25.1. The number of hydrogen-bond donors (Lipinski definition) is 1. The minimum atomic E-state index is -4.03. The van der Waals surface area contributed by atoms with Gasteiger partial charge in [-0.1, -0.05) is 43.4 Å². The van der Waals surface area contributed by atoms with E-state index >= 15 is 0 Å². The minimum Gasteiger partial charge on any atom is -0.662 e. The van der Waals surface area contributed by atoms with Gasteiger partial charge in [-0.2, -0.15) is 13.2 Å². The number of benzene rings is 1. The van der Waals surface area contributed by atoms with E-state index in [1.165, 1.54) is 16.7 Å². The molecular weight excluding hydrogens is 433 g/mol. The fourth-order valence-corrected chi connectivity index (χ4v) is 4.28. The average Bonchev–Trinajstić information content (AvgIpc) is 3.33. The van der Waals surface area contributed by atoms with Crippen LogP contribution in [-0.2, 0) is 13.0 Å². The van der Waals surface area contributed by atoms with Gasteiger partial charge in [0.15, 0.2) is 5.69 Å². The van der Waals surface area contributed by atoms with Crippen LogP contribution in [0.15, 0.2) is 12.1 Å². The number of imidazole rings is 1. The number of carbonyl (C=O) groups is 1. The summed E-state index contributed by atoms with van der Waals surface area (Å²) in [6, 6.07) is 4.32. The highest BCUT2D eigenvalue weighted by Gasteiger charge is 2.31. The number of carboxylic acid groups (broad SMARTS) is 1. The zero-order valence-corrected chi connectivity index (χ0v) is 19.7. The molecule has 0 bridgehead atoms. The van der Waals surface area contributed by atoms with Crippen molar-refractivity contribution in [1.29, 1.82) is 0 Å². The Morgan fingerprint density at radius 1 is 1.18 bits per heavy atom. The first-order valence-corrected chi connectivity index (χ1v) is 11.4. The Morgan fingerprint density at radius 3 is 2.33 bits per heavy atom. The van der Waals surface area contributed by atoms with Crippen LogP contribution in [0.1, 0.15) is 59.1 Å². The van der Waals surface area contributed by atoms with E-state index in [4.69, 9.17) is 0 Å². The molecule has 9 heteroatoms. The molecule has 2 aliphatic rings. The maximum Gasteiger partial charge on any atom is 0.387 e. The highest BCUT2D eigenvalue weighted by Crippen LogP contribution is 2.36. The summed E-state index contributed by atoms with van der Waals surface area (Å²) in [6.45, 7) is 10.2. The second-order valence-corrected chi connectivity index (χ2v) is 8.85. The highest BCUT2D eigenvalue weighted by molar-refractivity contribution is 5.88. The van der Waals surface area contributed by atoms with Crippen molar-refractivity contribution >= 4 is 17.6 Å². The molecule has 1 aliphatic carbocycles. The number of rotatable bonds is 7. The van der Waals surface area contributed by atoms with E-state index in [1.807, 2.05) is 11.5 Å². The van der Waals surface area contributed by atoms with Crippen LogP contribution < -0.4 is 4.90 Å². The number of anilines is 2. The van der Waals surface area contributed by atoms with Gasteiger partial charge in [0, 0.05) is 25.2 Å². The molecule has 1 N–H and O–H groups in total. The van der Waals surface area contributed by atoms with Crippen molar-refractivity contribution < 1.29 is 23.1 Å². The lowest BCUT2D eigenvalue weighted by molar-refractivity contribution is -0.131. The van der Waals surface area contributed by atoms with Crippen molar-refractivity contribution in [2.45, 2.75) is 66.1 Å². The van der Waals surface area contributed by atoms with E-state index in [2.05, 4.69) is 48.1 Å². The molecule has 1 fully saturated rings. The number of aromatic nitrogens is 2. The number of aromatic carboxylic acids is 1. The summed E-state index contributed by atoms with van der Waals surface area (Å²) in [5.41, 5.74) is 5.78. The molecule has 1 aromatic heterocycles. The van der Waals surface area contributed by atoms with Crippen LogP contribution in [0, 0.1) is 26.7 Å². The van der Waals surface area contributed by atoms with E-state index in [9.17, 15) is 23.1 Å². The van der Waals surface area contributed by atoms with Gasteiger partial charge >= 0.3 is 12.1 Å². The van der Waals surface area contributed by atoms with Crippen LogP contribution in [0.4, 0.5) is 24.8 Å². The van der Waals surface area contributed by atoms with Gasteiger partial charge in [-0.15, -0.1) is 13.1 Å². The number of hydrogen-bond acceptors (Lipinski definition) is 3. The Balaban J connectivity index is 0.000000235. The van der Waals surface area contributed by atoms with E-state index in [1.54, 1.807) is 0 Å². The molecule has 182 valence electrons. The lowest BCUT2D eigenvalue weighted by Gasteiger charge is -2.22. The maximum absolute atomic E-state index is 11.5. The van der Waals surface area contributed by atoms with Gasteiger partial charge in [0.1, 0.15) is 0 Å². The van der Waals surface area contributed by atoms with Crippen molar-refractivity contribution in [2.75, 3.05) is 24.5 Å². The molecule has 2 aromatic rings. The molecule has 4 rings (SSSR count). The van der Waals surface area contributed by atoms with Crippen LogP contribution in [0.3, 0.4) is 0 Å². The highest BCUT2D eigenvalue weighted by atomic mass is 19.4. The molecule has 0 atom stereocenters. The molecule has 6 nitrogen and oxygen atoms in total. The van der Waals surface area contributed by atoms with Crippen molar-refractivity contribution in [3.63, 3.8) is 0 Å². The molecule has 0 unspecified atom stereocenters. The number of fused-ring (bicyclic) bond motifs is 1. The maximum atomic E-state index is 11.5. The lowest BCUT2D eigenvalue weighted by atomic mass is 10.0. The summed E-state index contributed by atoms with van der Waals surface area (Å²) in [6.07, 6.45) is -1.88. The molecule has 1 saturated carbocycles. The normalized spacial score (nSPS) is 15.3. The fraction of sp³-hybridized carbons (Fsp3) is 0.583. The summed E-state index contributed by atoms with van der Waals surface area (Å²) in [5.74, 6) is 0.460. The fourth-order valence-electron chi connectivity index (χ4n) is 4.28. The Bertz CT molecular complexity index is 973. The molecular formula is C24H32F3N4O2-. The Kier molecular flexibility index (Phi) is 7.72. The van der Waals surface area contributed by atoms with Crippen LogP contribution in [-0.4, -0.2) is 46.4 Å². The van der Waals surface area contributed by atoms with E-state index in [0.717, 1.165) is 31.0 Å². The molecule has 33 heavy (non-hydrogen) atoms. The lowest BCUT2D eigenvalue weighted by Crippen LogP contribution is -2.17. The van der Waals surface area contributed by atoms with Crippen LogP contribution in [0.25, 0.3) is 5.32 Å².